The minimum Gasteiger partial charge on any atom is -0.393 e. The number of aliphatic hydroxyl groups excluding tert-OH is 1. The van der Waals surface area contributed by atoms with Gasteiger partial charge in [-0.2, -0.15) is 0 Å². The number of carbonyl (C=O) groups is 1. The highest BCUT2D eigenvalue weighted by atomic mass is 16.5. The highest BCUT2D eigenvalue weighted by Crippen LogP contribution is 2.26. The Hall–Kier alpha value is -0.650. The predicted octanol–water partition coefficient (Wildman–Crippen LogP) is 0.964. The van der Waals surface area contributed by atoms with Crippen LogP contribution in [0.2, 0.25) is 0 Å². The van der Waals surface area contributed by atoms with Crippen molar-refractivity contribution in [2.45, 2.75) is 38.2 Å². The van der Waals surface area contributed by atoms with Gasteiger partial charge in [0, 0.05) is 39.7 Å². The number of methoxy groups -OCH3 is 1. The zero-order valence-corrected chi connectivity index (χ0v) is 13.5. The fraction of sp³-hybridized carbons (Fsp3) is 0.938. The SMILES string of the molecule is COCCN1CC[C@@H](CN(C)C(=O)C2CCC(O)CC2)C1. The minimum absolute atomic E-state index is 0.129. The normalized spacial score (nSPS) is 30.5. The van der Waals surface area contributed by atoms with E-state index >= 15 is 0 Å². The van der Waals surface area contributed by atoms with Crippen LogP contribution in [0.5, 0.6) is 0 Å². The maximum Gasteiger partial charge on any atom is 0.225 e. The van der Waals surface area contributed by atoms with Gasteiger partial charge in [-0.3, -0.25) is 4.79 Å². The van der Waals surface area contributed by atoms with E-state index in [1.54, 1.807) is 7.11 Å². The highest BCUT2D eigenvalue weighted by Gasteiger charge is 2.30. The Morgan fingerprint density at radius 3 is 2.67 bits per heavy atom. The van der Waals surface area contributed by atoms with E-state index in [4.69, 9.17) is 4.74 Å². The summed E-state index contributed by atoms with van der Waals surface area (Å²) >= 11 is 0. The van der Waals surface area contributed by atoms with Gasteiger partial charge in [-0.25, -0.2) is 0 Å². The number of hydrogen-bond acceptors (Lipinski definition) is 4. The van der Waals surface area contributed by atoms with Crippen LogP contribution < -0.4 is 0 Å². The Kier molecular flexibility index (Phi) is 6.45. The summed E-state index contributed by atoms with van der Waals surface area (Å²) in [6.45, 7) is 4.83. The van der Waals surface area contributed by atoms with Crippen LogP contribution in [0.3, 0.4) is 0 Å². The molecule has 1 aliphatic carbocycles. The molecular weight excluding hydrogens is 268 g/mol. The molecule has 5 heteroatoms. The van der Waals surface area contributed by atoms with Crippen molar-refractivity contribution in [2.75, 3.05) is 46.9 Å². The number of hydrogen-bond donors (Lipinski definition) is 1. The summed E-state index contributed by atoms with van der Waals surface area (Å²) in [5.74, 6) is 0.992. The largest absolute Gasteiger partial charge is 0.393 e. The van der Waals surface area contributed by atoms with Crippen molar-refractivity contribution in [2.24, 2.45) is 11.8 Å². The second-order valence-electron chi connectivity index (χ2n) is 6.67. The van der Waals surface area contributed by atoms with Gasteiger partial charge in [-0.05, 0) is 44.6 Å². The lowest BCUT2D eigenvalue weighted by Crippen LogP contribution is -2.39. The molecule has 0 spiro atoms. The average molecular weight is 298 g/mol. The minimum atomic E-state index is -0.191. The molecule has 0 aromatic rings. The number of carbonyl (C=O) groups excluding carboxylic acids is 1. The number of ether oxygens (including phenoxy) is 1. The van der Waals surface area contributed by atoms with Gasteiger partial charge in [0.1, 0.15) is 0 Å². The smallest absolute Gasteiger partial charge is 0.225 e. The fourth-order valence-electron chi connectivity index (χ4n) is 3.60. The Balaban J connectivity index is 1.71. The molecule has 2 fully saturated rings. The Morgan fingerprint density at radius 2 is 2.00 bits per heavy atom. The van der Waals surface area contributed by atoms with E-state index in [2.05, 4.69) is 4.90 Å². The number of amides is 1. The third kappa shape index (κ3) is 4.94. The summed E-state index contributed by atoms with van der Waals surface area (Å²) < 4.78 is 5.12. The van der Waals surface area contributed by atoms with E-state index in [-0.39, 0.29) is 17.9 Å². The first-order chi connectivity index (χ1) is 10.1. The molecule has 1 amide bonds. The molecule has 1 atom stereocenters. The first-order valence-electron chi connectivity index (χ1n) is 8.24. The van der Waals surface area contributed by atoms with Crippen LogP contribution >= 0.6 is 0 Å². The summed E-state index contributed by atoms with van der Waals surface area (Å²) in [5, 5.41) is 9.54. The van der Waals surface area contributed by atoms with Crippen molar-refractivity contribution in [3.05, 3.63) is 0 Å². The predicted molar refractivity (Wildman–Crippen MR) is 82.0 cm³/mol. The molecule has 21 heavy (non-hydrogen) atoms. The second-order valence-corrected chi connectivity index (χ2v) is 6.67. The topological polar surface area (TPSA) is 53.0 Å². The second kappa shape index (κ2) is 8.11. The molecule has 5 nitrogen and oxygen atoms in total. The van der Waals surface area contributed by atoms with Crippen LogP contribution in [0.25, 0.3) is 0 Å². The number of nitrogens with zero attached hydrogens (tertiary/aromatic N) is 2. The molecule has 0 aromatic carbocycles. The van der Waals surface area contributed by atoms with Crippen LogP contribution in [0.15, 0.2) is 0 Å². The van der Waals surface area contributed by atoms with Crippen molar-refractivity contribution >= 4 is 5.91 Å². The third-order valence-electron chi connectivity index (χ3n) is 4.94. The summed E-state index contributed by atoms with van der Waals surface area (Å²) in [5.41, 5.74) is 0. The standard InChI is InChI=1S/C16H30N2O3/c1-17(16(20)14-3-5-15(19)6-4-14)11-13-7-8-18(12-13)9-10-21-2/h13-15,19H,3-12H2,1-2H3/t13-,14?,15?/m0/s1. The molecule has 0 aromatic heterocycles. The van der Waals surface area contributed by atoms with Gasteiger partial charge in [-0.15, -0.1) is 0 Å². The van der Waals surface area contributed by atoms with Gasteiger partial charge in [0.25, 0.3) is 0 Å². The van der Waals surface area contributed by atoms with Crippen LogP contribution in [-0.2, 0) is 9.53 Å². The molecule has 0 radical (unpaired) electrons. The maximum atomic E-state index is 12.5. The monoisotopic (exact) mass is 298 g/mol. The lowest BCUT2D eigenvalue weighted by Gasteiger charge is -2.29. The zero-order valence-electron chi connectivity index (χ0n) is 13.5. The molecule has 1 saturated heterocycles. The molecule has 1 saturated carbocycles. The fourth-order valence-corrected chi connectivity index (χ4v) is 3.60. The quantitative estimate of drug-likeness (QED) is 0.794. The number of rotatable bonds is 6. The Morgan fingerprint density at radius 1 is 1.29 bits per heavy atom. The lowest BCUT2D eigenvalue weighted by atomic mass is 9.86. The lowest BCUT2D eigenvalue weighted by molar-refractivity contribution is -0.136. The van der Waals surface area contributed by atoms with E-state index in [0.29, 0.717) is 5.92 Å². The number of likely N-dealkylation sites (tertiary alicyclic amines) is 1. The Labute approximate surface area is 128 Å². The third-order valence-corrected chi connectivity index (χ3v) is 4.94. The van der Waals surface area contributed by atoms with Crippen molar-refractivity contribution in [3.8, 4) is 0 Å². The maximum absolute atomic E-state index is 12.5. The van der Waals surface area contributed by atoms with Crippen molar-refractivity contribution in [1.82, 2.24) is 9.80 Å². The van der Waals surface area contributed by atoms with Gasteiger partial charge < -0.3 is 19.6 Å². The van der Waals surface area contributed by atoms with Crippen molar-refractivity contribution < 1.29 is 14.6 Å². The van der Waals surface area contributed by atoms with Crippen LogP contribution in [0.4, 0.5) is 0 Å². The van der Waals surface area contributed by atoms with E-state index in [0.717, 1.165) is 58.5 Å². The van der Waals surface area contributed by atoms with Crippen LogP contribution in [-0.4, -0.2) is 73.9 Å². The van der Waals surface area contributed by atoms with E-state index in [1.807, 2.05) is 11.9 Å². The zero-order chi connectivity index (χ0) is 15.2. The Bertz CT molecular complexity index is 329. The molecule has 1 N–H and O–H groups in total. The van der Waals surface area contributed by atoms with Crippen molar-refractivity contribution in [1.29, 1.82) is 0 Å². The van der Waals surface area contributed by atoms with Crippen LogP contribution in [0.1, 0.15) is 32.1 Å². The molecule has 1 aliphatic heterocycles. The van der Waals surface area contributed by atoms with Gasteiger partial charge >= 0.3 is 0 Å². The first-order valence-corrected chi connectivity index (χ1v) is 8.24. The van der Waals surface area contributed by atoms with Gasteiger partial charge in [0.2, 0.25) is 5.91 Å². The summed E-state index contributed by atoms with van der Waals surface area (Å²) in [7, 11) is 3.67. The molecule has 0 bridgehead atoms. The molecule has 122 valence electrons. The number of aliphatic hydroxyl groups is 1. The molecule has 2 rings (SSSR count). The summed E-state index contributed by atoms with van der Waals surface area (Å²) in [6, 6.07) is 0. The van der Waals surface area contributed by atoms with Gasteiger partial charge in [0.15, 0.2) is 0 Å². The van der Waals surface area contributed by atoms with E-state index in [9.17, 15) is 9.90 Å². The average Bonchev–Trinajstić information content (AvgIpc) is 2.92. The molecule has 2 aliphatic rings. The van der Waals surface area contributed by atoms with Gasteiger partial charge in [0.05, 0.1) is 12.7 Å². The van der Waals surface area contributed by atoms with Gasteiger partial charge in [-0.1, -0.05) is 0 Å². The van der Waals surface area contributed by atoms with Crippen LogP contribution in [0, 0.1) is 11.8 Å². The first kappa shape index (κ1) is 16.7. The van der Waals surface area contributed by atoms with E-state index in [1.165, 1.54) is 6.42 Å². The summed E-state index contributed by atoms with van der Waals surface area (Å²) in [4.78, 5) is 16.8. The van der Waals surface area contributed by atoms with E-state index < -0.39 is 0 Å². The molecule has 0 unspecified atom stereocenters. The summed E-state index contributed by atoms with van der Waals surface area (Å²) in [6.07, 6.45) is 4.22. The molecule has 1 heterocycles. The van der Waals surface area contributed by atoms with Crippen molar-refractivity contribution in [3.63, 3.8) is 0 Å². The highest BCUT2D eigenvalue weighted by molar-refractivity contribution is 5.78. The molecular formula is C16H30N2O3.